The van der Waals surface area contributed by atoms with E-state index in [2.05, 4.69) is 30.9 Å². The van der Waals surface area contributed by atoms with Crippen LogP contribution in [0.2, 0.25) is 10.0 Å². The highest BCUT2D eigenvalue weighted by atomic mass is 35.5. The summed E-state index contributed by atoms with van der Waals surface area (Å²) in [5, 5.41) is 0.988. The molecule has 2 N–H and O–H groups in total. The lowest BCUT2D eigenvalue weighted by molar-refractivity contribution is 1.02. The van der Waals surface area contributed by atoms with Crippen molar-refractivity contribution in [3.8, 4) is 0 Å². The summed E-state index contributed by atoms with van der Waals surface area (Å²) < 4.78 is 0. The molecule has 19 heavy (non-hydrogen) atoms. The van der Waals surface area contributed by atoms with E-state index in [1.807, 2.05) is 18.2 Å². The standard InChI is InChI=1S/C15H16Cl2N2/c1-3-19(14-7-5-4-6-10(14)2)15-9-12(17)11(16)8-13(15)18/h4-9H,3,18H2,1-2H3. The van der Waals surface area contributed by atoms with Crippen molar-refractivity contribution in [1.29, 1.82) is 0 Å². The first-order valence-electron chi connectivity index (χ1n) is 6.12. The molecule has 0 spiro atoms. The molecule has 0 aromatic heterocycles. The monoisotopic (exact) mass is 294 g/mol. The second-order valence-electron chi connectivity index (χ2n) is 4.36. The van der Waals surface area contributed by atoms with Gasteiger partial charge in [0.1, 0.15) is 0 Å². The smallest absolute Gasteiger partial charge is 0.0660 e. The normalized spacial score (nSPS) is 10.5. The number of aryl methyl sites for hydroxylation is 1. The maximum absolute atomic E-state index is 6.10. The molecule has 0 aliphatic heterocycles. The van der Waals surface area contributed by atoms with Gasteiger partial charge >= 0.3 is 0 Å². The molecule has 0 saturated carbocycles. The minimum absolute atomic E-state index is 0.476. The van der Waals surface area contributed by atoms with E-state index in [9.17, 15) is 0 Å². The first-order chi connectivity index (χ1) is 9.04. The fourth-order valence-electron chi connectivity index (χ4n) is 2.12. The molecule has 0 unspecified atom stereocenters. The molecular formula is C15H16Cl2N2. The SMILES string of the molecule is CCN(c1ccccc1C)c1cc(Cl)c(Cl)cc1N. The lowest BCUT2D eigenvalue weighted by Gasteiger charge is -2.26. The molecule has 4 heteroatoms. The number of halogens is 2. The zero-order chi connectivity index (χ0) is 14.0. The van der Waals surface area contributed by atoms with Crippen LogP contribution in [0.1, 0.15) is 12.5 Å². The Hall–Kier alpha value is -1.38. The van der Waals surface area contributed by atoms with Gasteiger partial charge in [0.15, 0.2) is 0 Å². The highest BCUT2D eigenvalue weighted by Crippen LogP contribution is 2.37. The van der Waals surface area contributed by atoms with E-state index in [4.69, 9.17) is 28.9 Å². The van der Waals surface area contributed by atoms with Crippen LogP contribution in [0.4, 0.5) is 17.1 Å². The van der Waals surface area contributed by atoms with Crippen molar-refractivity contribution in [2.45, 2.75) is 13.8 Å². The third kappa shape index (κ3) is 2.80. The van der Waals surface area contributed by atoms with Gasteiger partial charge in [0, 0.05) is 12.2 Å². The molecule has 0 aliphatic rings. The van der Waals surface area contributed by atoms with Crippen LogP contribution in [0.25, 0.3) is 0 Å². The number of rotatable bonds is 3. The minimum Gasteiger partial charge on any atom is -0.397 e. The van der Waals surface area contributed by atoms with Gasteiger partial charge in [-0.3, -0.25) is 0 Å². The number of benzene rings is 2. The average Bonchev–Trinajstić information content (AvgIpc) is 2.38. The van der Waals surface area contributed by atoms with Gasteiger partial charge in [-0.2, -0.15) is 0 Å². The van der Waals surface area contributed by atoms with E-state index < -0.39 is 0 Å². The van der Waals surface area contributed by atoms with Gasteiger partial charge in [-0.25, -0.2) is 0 Å². The summed E-state index contributed by atoms with van der Waals surface area (Å²) in [5.74, 6) is 0. The quantitative estimate of drug-likeness (QED) is 0.803. The van der Waals surface area contributed by atoms with E-state index >= 15 is 0 Å². The Balaban J connectivity index is 2.55. The molecule has 100 valence electrons. The van der Waals surface area contributed by atoms with Crippen LogP contribution in [-0.2, 0) is 0 Å². The van der Waals surface area contributed by atoms with Crippen molar-refractivity contribution in [2.24, 2.45) is 0 Å². The molecule has 0 fully saturated rings. The van der Waals surface area contributed by atoms with Gasteiger partial charge in [-0.1, -0.05) is 41.4 Å². The van der Waals surface area contributed by atoms with Crippen LogP contribution in [0.3, 0.4) is 0 Å². The predicted octanol–water partition coefficient (Wildman–Crippen LogP) is 5.04. The third-order valence-corrected chi connectivity index (χ3v) is 3.81. The Morgan fingerprint density at radius 1 is 1.05 bits per heavy atom. The predicted molar refractivity (Wildman–Crippen MR) is 84.7 cm³/mol. The third-order valence-electron chi connectivity index (χ3n) is 3.08. The van der Waals surface area contributed by atoms with E-state index in [1.54, 1.807) is 6.07 Å². The fourth-order valence-corrected chi connectivity index (χ4v) is 2.45. The van der Waals surface area contributed by atoms with Gasteiger partial charge < -0.3 is 10.6 Å². The van der Waals surface area contributed by atoms with Crippen LogP contribution in [0.15, 0.2) is 36.4 Å². The first kappa shape index (κ1) is 14.0. The van der Waals surface area contributed by atoms with Gasteiger partial charge in [-0.05, 0) is 37.6 Å². The van der Waals surface area contributed by atoms with Gasteiger partial charge in [0.2, 0.25) is 0 Å². The number of hydrogen-bond donors (Lipinski definition) is 1. The molecule has 0 heterocycles. The van der Waals surface area contributed by atoms with E-state index in [0.717, 1.165) is 17.9 Å². The van der Waals surface area contributed by atoms with Crippen LogP contribution >= 0.6 is 23.2 Å². The zero-order valence-electron chi connectivity index (χ0n) is 11.0. The van der Waals surface area contributed by atoms with Crippen molar-refractivity contribution in [3.63, 3.8) is 0 Å². The Labute approximate surface area is 123 Å². The Kier molecular flexibility index (Phi) is 4.23. The van der Waals surface area contributed by atoms with Crippen LogP contribution < -0.4 is 10.6 Å². The molecule has 0 aliphatic carbocycles. The largest absolute Gasteiger partial charge is 0.397 e. The molecule has 0 saturated heterocycles. The van der Waals surface area contributed by atoms with E-state index in [0.29, 0.717) is 15.7 Å². The van der Waals surface area contributed by atoms with Gasteiger partial charge in [0.25, 0.3) is 0 Å². The lowest BCUT2D eigenvalue weighted by atomic mass is 10.1. The number of nitrogens with two attached hydrogens (primary N) is 1. The van der Waals surface area contributed by atoms with Crippen molar-refractivity contribution >= 4 is 40.3 Å². The summed E-state index contributed by atoms with van der Waals surface area (Å²) in [7, 11) is 0. The second kappa shape index (κ2) is 5.72. The molecule has 2 rings (SSSR count). The highest BCUT2D eigenvalue weighted by molar-refractivity contribution is 6.42. The number of anilines is 3. The van der Waals surface area contributed by atoms with E-state index in [-0.39, 0.29) is 0 Å². The molecule has 0 atom stereocenters. The lowest BCUT2D eigenvalue weighted by Crippen LogP contribution is -2.18. The summed E-state index contributed by atoms with van der Waals surface area (Å²) in [5.41, 5.74) is 9.88. The van der Waals surface area contributed by atoms with Crippen molar-refractivity contribution in [3.05, 3.63) is 52.0 Å². The topological polar surface area (TPSA) is 29.3 Å². The number of nitrogens with zero attached hydrogens (tertiary/aromatic N) is 1. The number of para-hydroxylation sites is 1. The molecule has 2 nitrogen and oxygen atoms in total. The summed E-state index contributed by atoms with van der Waals surface area (Å²) in [4.78, 5) is 2.13. The molecule has 2 aromatic rings. The molecule has 0 radical (unpaired) electrons. The van der Waals surface area contributed by atoms with Crippen LogP contribution in [0.5, 0.6) is 0 Å². The van der Waals surface area contributed by atoms with Crippen LogP contribution in [0, 0.1) is 6.92 Å². The van der Waals surface area contributed by atoms with Gasteiger partial charge in [-0.15, -0.1) is 0 Å². The Morgan fingerprint density at radius 3 is 2.32 bits per heavy atom. The van der Waals surface area contributed by atoms with Crippen molar-refractivity contribution < 1.29 is 0 Å². The summed E-state index contributed by atoms with van der Waals surface area (Å²) in [6.45, 7) is 4.95. The zero-order valence-corrected chi connectivity index (χ0v) is 12.5. The fraction of sp³-hybridized carbons (Fsp3) is 0.200. The number of hydrogen-bond acceptors (Lipinski definition) is 2. The average molecular weight is 295 g/mol. The molecule has 0 bridgehead atoms. The molecule has 0 amide bonds. The maximum Gasteiger partial charge on any atom is 0.0660 e. The highest BCUT2D eigenvalue weighted by Gasteiger charge is 2.14. The second-order valence-corrected chi connectivity index (χ2v) is 5.17. The Bertz CT molecular complexity index is 597. The molecule has 2 aromatic carbocycles. The summed E-state index contributed by atoms with van der Waals surface area (Å²) in [6.07, 6.45) is 0. The first-order valence-corrected chi connectivity index (χ1v) is 6.88. The van der Waals surface area contributed by atoms with Crippen molar-refractivity contribution in [2.75, 3.05) is 17.2 Å². The van der Waals surface area contributed by atoms with Crippen molar-refractivity contribution in [1.82, 2.24) is 0 Å². The van der Waals surface area contributed by atoms with Crippen LogP contribution in [-0.4, -0.2) is 6.54 Å². The number of nitrogen functional groups attached to an aromatic ring is 1. The molecular weight excluding hydrogens is 279 g/mol. The summed E-state index contributed by atoms with van der Waals surface area (Å²) in [6, 6.07) is 11.7. The summed E-state index contributed by atoms with van der Waals surface area (Å²) >= 11 is 12.1. The van der Waals surface area contributed by atoms with Gasteiger partial charge in [0.05, 0.1) is 21.4 Å². The van der Waals surface area contributed by atoms with E-state index in [1.165, 1.54) is 5.56 Å². The minimum atomic E-state index is 0.476. The Morgan fingerprint density at radius 2 is 1.68 bits per heavy atom. The maximum atomic E-state index is 6.10.